The molecule has 0 unspecified atom stereocenters. The molecule has 2 aromatic rings. The summed E-state index contributed by atoms with van der Waals surface area (Å²) in [7, 11) is -3.87. The van der Waals surface area contributed by atoms with Crippen LogP contribution in [0.5, 0.6) is 0 Å². The van der Waals surface area contributed by atoms with E-state index in [-0.39, 0.29) is 20.9 Å². The summed E-state index contributed by atoms with van der Waals surface area (Å²) in [6.45, 7) is 2.01. The van der Waals surface area contributed by atoms with Gasteiger partial charge in [0, 0.05) is 6.04 Å². The minimum Gasteiger partial charge on any atom is -0.303 e. The number of nitrogens with zero attached hydrogens (tertiary/aromatic N) is 2. The summed E-state index contributed by atoms with van der Waals surface area (Å²) in [4.78, 5) is 12.0. The van der Waals surface area contributed by atoms with Crippen LogP contribution >= 0.6 is 22.9 Å². The van der Waals surface area contributed by atoms with Crippen LogP contribution in [0.4, 0.5) is 0 Å². The maximum Gasteiger partial charge on any atom is 0.285 e. The molecule has 0 spiro atoms. The maximum absolute atomic E-state index is 12.7. The number of carbonyl (C=O) groups excluding carboxylic acids is 1. The fourth-order valence-electron chi connectivity index (χ4n) is 3.24. The van der Waals surface area contributed by atoms with Gasteiger partial charge in [-0.25, -0.2) is 0 Å². The molecule has 5 nitrogen and oxygen atoms in total. The van der Waals surface area contributed by atoms with Crippen LogP contribution in [0.15, 0.2) is 33.6 Å². The molecular formula is C18H21ClN2O3S2. The van der Waals surface area contributed by atoms with Gasteiger partial charge in [-0.2, -0.15) is 8.42 Å². The standard InChI is InChI=1S/C18H21ClN2O3S2/c1-2-13-8-10-15(11-9-13)26(23,24)20-18-21(14-6-4-3-5-7-14)17(19)16(12-22)25-18/h8-12,14H,2-7H2,1H3/b20-18+. The van der Waals surface area contributed by atoms with Gasteiger partial charge in [-0.1, -0.05) is 61.3 Å². The van der Waals surface area contributed by atoms with Gasteiger partial charge in [-0.3, -0.25) is 4.79 Å². The van der Waals surface area contributed by atoms with E-state index in [9.17, 15) is 13.2 Å². The van der Waals surface area contributed by atoms with Gasteiger partial charge >= 0.3 is 0 Å². The highest BCUT2D eigenvalue weighted by Gasteiger charge is 2.23. The highest BCUT2D eigenvalue weighted by atomic mass is 35.5. The predicted molar refractivity (Wildman–Crippen MR) is 103 cm³/mol. The highest BCUT2D eigenvalue weighted by molar-refractivity contribution is 7.90. The minimum atomic E-state index is -3.87. The van der Waals surface area contributed by atoms with E-state index in [1.807, 2.05) is 6.92 Å². The number of rotatable bonds is 5. The van der Waals surface area contributed by atoms with Crippen molar-refractivity contribution in [3.05, 3.63) is 44.7 Å². The Morgan fingerprint density at radius 1 is 1.23 bits per heavy atom. The Labute approximate surface area is 162 Å². The Hall–Kier alpha value is -1.44. The van der Waals surface area contributed by atoms with E-state index in [1.54, 1.807) is 28.8 Å². The first kappa shape index (κ1) is 19.3. The van der Waals surface area contributed by atoms with E-state index in [4.69, 9.17) is 11.6 Å². The van der Waals surface area contributed by atoms with Crippen molar-refractivity contribution >= 4 is 39.2 Å². The SMILES string of the molecule is CCc1ccc(S(=O)(=O)/N=c2/sc(C=O)c(Cl)n2C2CCCCC2)cc1. The fourth-order valence-corrected chi connectivity index (χ4v) is 5.75. The first-order valence-corrected chi connectivity index (χ1v) is 11.4. The van der Waals surface area contributed by atoms with Crippen molar-refractivity contribution in [1.82, 2.24) is 4.57 Å². The summed E-state index contributed by atoms with van der Waals surface area (Å²) in [5.74, 6) is 0. The summed E-state index contributed by atoms with van der Waals surface area (Å²) in [5, 5.41) is 0.284. The van der Waals surface area contributed by atoms with Crippen LogP contribution in [0, 0.1) is 0 Å². The summed E-state index contributed by atoms with van der Waals surface area (Å²) in [5.41, 5.74) is 1.06. The van der Waals surface area contributed by atoms with Gasteiger partial charge in [0.05, 0.1) is 4.90 Å². The molecule has 1 aliphatic carbocycles. The van der Waals surface area contributed by atoms with Crippen LogP contribution in [0.2, 0.25) is 5.15 Å². The van der Waals surface area contributed by atoms with E-state index in [0.29, 0.717) is 11.2 Å². The Kier molecular flexibility index (Phi) is 5.99. The average molecular weight is 413 g/mol. The number of benzene rings is 1. The van der Waals surface area contributed by atoms with Crippen molar-refractivity contribution in [3.8, 4) is 0 Å². The van der Waals surface area contributed by atoms with E-state index < -0.39 is 10.0 Å². The molecule has 0 bridgehead atoms. The zero-order valence-corrected chi connectivity index (χ0v) is 16.9. The molecule has 1 aromatic heterocycles. The molecule has 26 heavy (non-hydrogen) atoms. The number of sulfonamides is 1. The number of hydrogen-bond acceptors (Lipinski definition) is 4. The number of aldehydes is 1. The lowest BCUT2D eigenvalue weighted by molar-refractivity contribution is 0.112. The smallest absolute Gasteiger partial charge is 0.285 e. The average Bonchev–Trinajstić information content (AvgIpc) is 2.97. The molecule has 0 saturated heterocycles. The fraction of sp³-hybridized carbons (Fsp3) is 0.444. The largest absolute Gasteiger partial charge is 0.303 e. The molecule has 0 aliphatic heterocycles. The number of aryl methyl sites for hydroxylation is 1. The lowest BCUT2D eigenvalue weighted by Crippen LogP contribution is -2.24. The van der Waals surface area contributed by atoms with Gasteiger partial charge < -0.3 is 4.57 Å². The normalized spacial score (nSPS) is 16.8. The molecule has 8 heteroatoms. The Morgan fingerprint density at radius 2 is 1.88 bits per heavy atom. The Morgan fingerprint density at radius 3 is 2.46 bits per heavy atom. The van der Waals surface area contributed by atoms with Gasteiger partial charge in [0.25, 0.3) is 10.0 Å². The molecule has 1 heterocycles. The van der Waals surface area contributed by atoms with E-state index in [0.717, 1.165) is 55.4 Å². The maximum atomic E-state index is 12.7. The van der Waals surface area contributed by atoms with Crippen LogP contribution in [-0.2, 0) is 16.4 Å². The molecule has 1 aromatic carbocycles. The van der Waals surface area contributed by atoms with Gasteiger partial charge in [0.2, 0.25) is 4.80 Å². The van der Waals surface area contributed by atoms with Crippen LogP contribution in [0.1, 0.15) is 60.3 Å². The van der Waals surface area contributed by atoms with E-state index in [2.05, 4.69) is 4.40 Å². The quantitative estimate of drug-likeness (QED) is 0.684. The molecule has 0 radical (unpaired) electrons. The summed E-state index contributed by atoms with van der Waals surface area (Å²) < 4.78 is 31.2. The summed E-state index contributed by atoms with van der Waals surface area (Å²) >= 11 is 7.39. The number of hydrogen-bond donors (Lipinski definition) is 0. The topological polar surface area (TPSA) is 68.5 Å². The number of carbonyl (C=O) groups is 1. The van der Waals surface area contributed by atoms with Gasteiger partial charge in [0.15, 0.2) is 6.29 Å². The van der Waals surface area contributed by atoms with Gasteiger partial charge in [0.1, 0.15) is 10.0 Å². The van der Waals surface area contributed by atoms with Crippen LogP contribution in [0.25, 0.3) is 0 Å². The van der Waals surface area contributed by atoms with Crippen molar-refractivity contribution in [2.45, 2.75) is 56.4 Å². The Bertz CT molecular complexity index is 953. The highest BCUT2D eigenvalue weighted by Crippen LogP contribution is 2.31. The predicted octanol–water partition coefficient (Wildman–Crippen LogP) is 4.37. The second-order valence-electron chi connectivity index (χ2n) is 6.38. The van der Waals surface area contributed by atoms with Crippen molar-refractivity contribution in [3.63, 3.8) is 0 Å². The third kappa shape index (κ3) is 3.94. The number of aromatic nitrogens is 1. The second-order valence-corrected chi connectivity index (χ2v) is 9.35. The summed E-state index contributed by atoms with van der Waals surface area (Å²) in [6, 6.07) is 6.79. The molecule has 140 valence electrons. The van der Waals surface area contributed by atoms with E-state index in [1.165, 1.54) is 0 Å². The zero-order chi connectivity index (χ0) is 18.7. The van der Waals surface area contributed by atoms with Crippen molar-refractivity contribution in [2.75, 3.05) is 0 Å². The van der Waals surface area contributed by atoms with Gasteiger partial charge in [-0.15, -0.1) is 4.40 Å². The molecule has 1 saturated carbocycles. The third-order valence-electron chi connectivity index (χ3n) is 4.70. The third-order valence-corrected chi connectivity index (χ3v) is 7.57. The minimum absolute atomic E-state index is 0.0811. The van der Waals surface area contributed by atoms with Gasteiger partial charge in [-0.05, 0) is 37.0 Å². The molecule has 1 fully saturated rings. The van der Waals surface area contributed by atoms with Crippen molar-refractivity contribution < 1.29 is 13.2 Å². The first-order valence-electron chi connectivity index (χ1n) is 8.72. The van der Waals surface area contributed by atoms with Crippen molar-refractivity contribution in [1.29, 1.82) is 0 Å². The second kappa shape index (κ2) is 8.06. The Balaban J connectivity index is 2.10. The lowest BCUT2D eigenvalue weighted by atomic mass is 9.95. The molecule has 0 N–H and O–H groups in total. The van der Waals surface area contributed by atoms with Crippen molar-refractivity contribution in [2.24, 2.45) is 4.40 Å². The molecule has 0 amide bonds. The monoisotopic (exact) mass is 412 g/mol. The first-order chi connectivity index (χ1) is 12.5. The van der Waals surface area contributed by atoms with Crippen LogP contribution < -0.4 is 4.80 Å². The molecule has 0 atom stereocenters. The zero-order valence-electron chi connectivity index (χ0n) is 14.5. The summed E-state index contributed by atoms with van der Waals surface area (Å²) in [6.07, 6.45) is 6.60. The number of thiazole rings is 1. The lowest BCUT2D eigenvalue weighted by Gasteiger charge is -2.23. The van der Waals surface area contributed by atoms with Crippen LogP contribution in [-0.4, -0.2) is 19.3 Å². The molecule has 1 aliphatic rings. The van der Waals surface area contributed by atoms with Crippen LogP contribution in [0.3, 0.4) is 0 Å². The van der Waals surface area contributed by atoms with E-state index >= 15 is 0 Å². The number of halogens is 1. The molecular weight excluding hydrogens is 392 g/mol. The molecule has 3 rings (SSSR count).